The number of nitrogens with one attached hydrogen (secondary N) is 1. The molecular formula is C19H38IN3O2. The Morgan fingerprint density at radius 3 is 2.52 bits per heavy atom. The van der Waals surface area contributed by atoms with Crippen molar-refractivity contribution >= 4 is 35.9 Å². The number of hydrogen-bond acceptors (Lipinski definition) is 3. The van der Waals surface area contributed by atoms with E-state index in [0.29, 0.717) is 6.42 Å². The van der Waals surface area contributed by atoms with Crippen molar-refractivity contribution in [2.24, 2.45) is 10.9 Å². The summed E-state index contributed by atoms with van der Waals surface area (Å²) in [6.07, 6.45) is 7.32. The van der Waals surface area contributed by atoms with Crippen molar-refractivity contribution in [3.05, 3.63) is 0 Å². The second kappa shape index (κ2) is 12.8. The maximum absolute atomic E-state index is 11.6. The van der Waals surface area contributed by atoms with Gasteiger partial charge in [0.25, 0.3) is 0 Å². The summed E-state index contributed by atoms with van der Waals surface area (Å²) >= 11 is 0. The fourth-order valence-electron chi connectivity index (χ4n) is 3.05. The molecule has 0 aromatic carbocycles. The highest BCUT2D eigenvalue weighted by atomic mass is 127. The molecule has 1 rings (SSSR count). The van der Waals surface area contributed by atoms with E-state index in [4.69, 9.17) is 4.74 Å². The summed E-state index contributed by atoms with van der Waals surface area (Å²) in [5.74, 6) is 1.71. The molecule has 1 fully saturated rings. The number of aliphatic imine (C=N–C) groups is 1. The van der Waals surface area contributed by atoms with Gasteiger partial charge in [0.2, 0.25) is 0 Å². The quantitative estimate of drug-likeness (QED) is 0.201. The first-order chi connectivity index (χ1) is 11.3. The smallest absolute Gasteiger partial charge is 0.306 e. The second-order valence-corrected chi connectivity index (χ2v) is 7.92. The Labute approximate surface area is 171 Å². The molecule has 1 aliphatic rings. The Morgan fingerprint density at radius 2 is 1.92 bits per heavy atom. The Balaban J connectivity index is 0.00000576. The second-order valence-electron chi connectivity index (χ2n) is 7.92. The molecule has 0 saturated carbocycles. The number of nitrogens with zero attached hydrogens (tertiary/aromatic N) is 2. The molecule has 0 bridgehead atoms. The predicted octanol–water partition coefficient (Wildman–Crippen LogP) is 4.20. The van der Waals surface area contributed by atoms with Crippen LogP contribution in [-0.2, 0) is 9.53 Å². The highest BCUT2D eigenvalue weighted by Gasteiger charge is 2.19. The van der Waals surface area contributed by atoms with Gasteiger partial charge in [-0.05, 0) is 52.4 Å². The van der Waals surface area contributed by atoms with Crippen LogP contribution in [0.25, 0.3) is 0 Å². The zero-order valence-electron chi connectivity index (χ0n) is 16.8. The third-order valence-electron chi connectivity index (χ3n) is 4.18. The summed E-state index contributed by atoms with van der Waals surface area (Å²) in [4.78, 5) is 18.4. The number of guanidine groups is 1. The largest absolute Gasteiger partial charge is 0.460 e. The van der Waals surface area contributed by atoms with E-state index in [1.54, 1.807) is 0 Å². The third kappa shape index (κ3) is 11.7. The zero-order valence-corrected chi connectivity index (χ0v) is 19.1. The van der Waals surface area contributed by atoms with Crippen LogP contribution in [-0.4, -0.2) is 49.1 Å². The number of ether oxygens (including phenoxy) is 1. The Kier molecular flexibility index (Phi) is 12.5. The predicted molar refractivity (Wildman–Crippen MR) is 116 cm³/mol. The molecule has 0 aromatic rings. The van der Waals surface area contributed by atoms with E-state index in [-0.39, 0.29) is 35.5 Å². The van der Waals surface area contributed by atoms with Gasteiger partial charge in [-0.1, -0.05) is 19.8 Å². The highest BCUT2D eigenvalue weighted by Crippen LogP contribution is 2.15. The summed E-state index contributed by atoms with van der Waals surface area (Å²) in [5, 5.41) is 3.47. The van der Waals surface area contributed by atoms with Crippen LogP contribution >= 0.6 is 24.0 Å². The monoisotopic (exact) mass is 467 g/mol. The minimum Gasteiger partial charge on any atom is -0.460 e. The number of rotatable bonds is 7. The zero-order chi connectivity index (χ0) is 18.0. The third-order valence-corrected chi connectivity index (χ3v) is 4.18. The Morgan fingerprint density at radius 1 is 1.24 bits per heavy atom. The molecule has 1 N–H and O–H groups in total. The van der Waals surface area contributed by atoms with Crippen molar-refractivity contribution in [1.82, 2.24) is 10.2 Å². The molecule has 25 heavy (non-hydrogen) atoms. The number of carbonyl (C=O) groups excluding carboxylic acids is 1. The minimum absolute atomic E-state index is 0. The van der Waals surface area contributed by atoms with Crippen LogP contribution in [0.5, 0.6) is 0 Å². The van der Waals surface area contributed by atoms with Crippen LogP contribution in [0.1, 0.15) is 72.6 Å². The SMILES string of the molecule is CN=C(NCCCCCCC(=O)OC(C)(C)C)N1CCCC(C)C1.I. The maximum atomic E-state index is 11.6. The van der Waals surface area contributed by atoms with Gasteiger partial charge >= 0.3 is 5.97 Å². The lowest BCUT2D eigenvalue weighted by Gasteiger charge is -2.33. The van der Waals surface area contributed by atoms with Gasteiger partial charge in [-0.15, -0.1) is 24.0 Å². The molecule has 1 atom stereocenters. The Bertz CT molecular complexity index is 408. The molecule has 1 unspecified atom stereocenters. The number of halogens is 1. The van der Waals surface area contributed by atoms with Crippen molar-refractivity contribution in [1.29, 1.82) is 0 Å². The van der Waals surface area contributed by atoms with Crippen LogP contribution in [0, 0.1) is 5.92 Å². The average molecular weight is 467 g/mol. The normalized spacial score (nSPS) is 18.5. The average Bonchev–Trinajstić information content (AvgIpc) is 2.48. The molecule has 148 valence electrons. The standard InChI is InChI=1S/C19H37N3O2.HI/c1-16-11-10-14-22(15-16)18(20-5)21-13-9-7-6-8-12-17(23)24-19(2,3)4;/h16H,6-15H2,1-5H3,(H,20,21);1H. The van der Waals surface area contributed by atoms with Gasteiger partial charge in [-0.25, -0.2) is 0 Å². The first kappa shape index (κ1) is 24.5. The molecule has 1 heterocycles. The van der Waals surface area contributed by atoms with E-state index in [1.807, 2.05) is 27.8 Å². The van der Waals surface area contributed by atoms with Crippen LogP contribution < -0.4 is 5.32 Å². The van der Waals surface area contributed by atoms with E-state index in [0.717, 1.165) is 57.2 Å². The summed E-state index contributed by atoms with van der Waals surface area (Å²) in [7, 11) is 1.86. The first-order valence-electron chi connectivity index (χ1n) is 9.49. The summed E-state index contributed by atoms with van der Waals surface area (Å²) < 4.78 is 5.31. The van der Waals surface area contributed by atoms with Gasteiger partial charge in [-0.3, -0.25) is 9.79 Å². The molecular weight excluding hydrogens is 429 g/mol. The van der Waals surface area contributed by atoms with Crippen molar-refractivity contribution in [2.45, 2.75) is 78.2 Å². The van der Waals surface area contributed by atoms with Crippen molar-refractivity contribution in [3.8, 4) is 0 Å². The van der Waals surface area contributed by atoms with Gasteiger partial charge in [0.15, 0.2) is 5.96 Å². The summed E-state index contributed by atoms with van der Waals surface area (Å²) in [6.45, 7) is 11.2. The lowest BCUT2D eigenvalue weighted by Crippen LogP contribution is -2.46. The van der Waals surface area contributed by atoms with Gasteiger partial charge in [-0.2, -0.15) is 0 Å². The topological polar surface area (TPSA) is 53.9 Å². The van der Waals surface area contributed by atoms with Crippen molar-refractivity contribution < 1.29 is 9.53 Å². The van der Waals surface area contributed by atoms with Gasteiger partial charge in [0.05, 0.1) is 0 Å². The molecule has 0 aliphatic carbocycles. The highest BCUT2D eigenvalue weighted by molar-refractivity contribution is 14.0. The molecule has 1 aliphatic heterocycles. The van der Waals surface area contributed by atoms with E-state index < -0.39 is 0 Å². The van der Waals surface area contributed by atoms with E-state index >= 15 is 0 Å². The minimum atomic E-state index is -0.372. The van der Waals surface area contributed by atoms with Gasteiger partial charge < -0.3 is 15.0 Å². The van der Waals surface area contributed by atoms with E-state index in [2.05, 4.69) is 22.1 Å². The molecule has 0 amide bonds. The first-order valence-corrected chi connectivity index (χ1v) is 9.49. The van der Waals surface area contributed by atoms with E-state index in [1.165, 1.54) is 12.8 Å². The fraction of sp³-hybridized carbons (Fsp3) is 0.895. The fourth-order valence-corrected chi connectivity index (χ4v) is 3.05. The van der Waals surface area contributed by atoms with Crippen molar-refractivity contribution in [2.75, 3.05) is 26.7 Å². The lowest BCUT2D eigenvalue weighted by atomic mass is 10.0. The molecule has 0 radical (unpaired) electrons. The van der Waals surface area contributed by atoms with Crippen LogP contribution in [0.15, 0.2) is 4.99 Å². The van der Waals surface area contributed by atoms with E-state index in [9.17, 15) is 4.79 Å². The number of piperidine rings is 1. The summed E-state index contributed by atoms with van der Waals surface area (Å²) in [6, 6.07) is 0. The molecule has 0 aromatic heterocycles. The summed E-state index contributed by atoms with van der Waals surface area (Å²) in [5.41, 5.74) is -0.372. The number of carbonyl (C=O) groups is 1. The number of esters is 1. The number of likely N-dealkylation sites (tertiary alicyclic amines) is 1. The molecule has 1 saturated heterocycles. The maximum Gasteiger partial charge on any atom is 0.306 e. The molecule has 0 spiro atoms. The molecule has 5 nitrogen and oxygen atoms in total. The Hall–Kier alpha value is -0.530. The van der Waals surface area contributed by atoms with Crippen LogP contribution in [0.2, 0.25) is 0 Å². The van der Waals surface area contributed by atoms with Crippen LogP contribution in [0.3, 0.4) is 0 Å². The van der Waals surface area contributed by atoms with Crippen molar-refractivity contribution in [3.63, 3.8) is 0 Å². The molecule has 6 heteroatoms. The number of unbranched alkanes of at least 4 members (excludes halogenated alkanes) is 3. The van der Waals surface area contributed by atoms with Gasteiger partial charge in [0, 0.05) is 33.1 Å². The van der Waals surface area contributed by atoms with Gasteiger partial charge in [0.1, 0.15) is 5.60 Å². The van der Waals surface area contributed by atoms with Crippen LogP contribution in [0.4, 0.5) is 0 Å². The lowest BCUT2D eigenvalue weighted by molar-refractivity contribution is -0.154. The number of hydrogen-bond donors (Lipinski definition) is 1.